The van der Waals surface area contributed by atoms with Crippen LogP contribution in [0.25, 0.3) is 0 Å². The summed E-state index contributed by atoms with van der Waals surface area (Å²) in [6, 6.07) is 4.53. The molecule has 2 N–H and O–H groups in total. The normalized spacial score (nSPS) is 13.0. The number of aliphatic imine (C=N–C) groups is 1. The third-order valence-electron chi connectivity index (χ3n) is 3.36. The van der Waals surface area contributed by atoms with E-state index in [0.29, 0.717) is 6.04 Å². The molecule has 118 valence electrons. The first kappa shape index (κ1) is 17.5. The minimum absolute atomic E-state index is 0.466. The summed E-state index contributed by atoms with van der Waals surface area (Å²) in [5.74, 6) is 0.922. The van der Waals surface area contributed by atoms with Crippen molar-refractivity contribution in [1.82, 2.24) is 15.6 Å². The van der Waals surface area contributed by atoms with E-state index in [2.05, 4.69) is 47.4 Å². The molecule has 0 aliphatic carbocycles. The van der Waals surface area contributed by atoms with Gasteiger partial charge in [-0.15, -0.1) is 0 Å². The van der Waals surface area contributed by atoms with E-state index in [4.69, 9.17) is 0 Å². The second kappa shape index (κ2) is 11.1. The largest absolute Gasteiger partial charge is 0.357 e. The number of hydrogen-bond donors (Lipinski definition) is 2. The van der Waals surface area contributed by atoms with Gasteiger partial charge in [-0.3, -0.25) is 9.98 Å². The molecule has 1 aromatic heterocycles. The summed E-state index contributed by atoms with van der Waals surface area (Å²) in [7, 11) is 0. The third-order valence-corrected chi connectivity index (χ3v) is 3.36. The van der Waals surface area contributed by atoms with Crippen molar-refractivity contribution in [2.45, 2.75) is 58.9 Å². The molecule has 1 unspecified atom stereocenters. The zero-order valence-electron chi connectivity index (χ0n) is 13.7. The lowest BCUT2D eigenvalue weighted by atomic mass is 10.1. The molecule has 21 heavy (non-hydrogen) atoms. The van der Waals surface area contributed by atoms with Crippen molar-refractivity contribution >= 4 is 5.96 Å². The molecule has 4 nitrogen and oxygen atoms in total. The van der Waals surface area contributed by atoms with E-state index in [0.717, 1.165) is 25.5 Å². The predicted octanol–water partition coefficient (Wildman–Crippen LogP) is 3.15. The maximum absolute atomic E-state index is 4.64. The van der Waals surface area contributed by atoms with Gasteiger partial charge < -0.3 is 10.6 Å². The van der Waals surface area contributed by atoms with Gasteiger partial charge in [-0.05, 0) is 38.3 Å². The van der Waals surface area contributed by atoms with Gasteiger partial charge in [0.15, 0.2) is 5.96 Å². The zero-order chi connectivity index (χ0) is 15.3. The lowest BCUT2D eigenvalue weighted by Gasteiger charge is -2.17. The highest BCUT2D eigenvalue weighted by atomic mass is 15.2. The van der Waals surface area contributed by atoms with Gasteiger partial charge in [0.25, 0.3) is 0 Å². The molecule has 4 heteroatoms. The second-order valence-corrected chi connectivity index (χ2v) is 5.41. The van der Waals surface area contributed by atoms with E-state index in [9.17, 15) is 0 Å². The summed E-state index contributed by atoms with van der Waals surface area (Å²) in [5, 5.41) is 6.80. The molecule has 0 fully saturated rings. The quantitative estimate of drug-likeness (QED) is 0.417. The number of hydrogen-bond acceptors (Lipinski definition) is 2. The number of rotatable bonds is 9. The summed E-state index contributed by atoms with van der Waals surface area (Å²) in [6.45, 7) is 8.23. The Hall–Kier alpha value is -1.58. The van der Waals surface area contributed by atoms with Gasteiger partial charge in [0.2, 0.25) is 0 Å². The molecule has 0 aliphatic heterocycles. The fraction of sp³-hybridized carbons (Fsp3) is 0.647. The fourth-order valence-electron chi connectivity index (χ4n) is 2.17. The minimum Gasteiger partial charge on any atom is -0.357 e. The van der Waals surface area contributed by atoms with Crippen molar-refractivity contribution in [2.24, 2.45) is 4.99 Å². The Kier molecular flexibility index (Phi) is 9.25. The Morgan fingerprint density at radius 1 is 1.33 bits per heavy atom. The number of aromatic nitrogens is 1. The highest BCUT2D eigenvalue weighted by Gasteiger charge is 2.04. The SMILES string of the molecule is CCCCCC(C)NC(=NCCc1cccnc1)NCC. The summed E-state index contributed by atoms with van der Waals surface area (Å²) in [5.41, 5.74) is 1.23. The van der Waals surface area contributed by atoms with Crippen LogP contribution in [0.1, 0.15) is 52.0 Å². The van der Waals surface area contributed by atoms with Gasteiger partial charge in [0, 0.05) is 31.5 Å². The van der Waals surface area contributed by atoms with Crippen LogP contribution in [0.15, 0.2) is 29.5 Å². The summed E-state index contributed by atoms with van der Waals surface area (Å²) in [6.07, 6.45) is 9.68. The fourth-order valence-corrected chi connectivity index (χ4v) is 2.17. The molecule has 1 heterocycles. The van der Waals surface area contributed by atoms with Gasteiger partial charge in [0.1, 0.15) is 0 Å². The first-order valence-corrected chi connectivity index (χ1v) is 8.20. The Morgan fingerprint density at radius 2 is 2.19 bits per heavy atom. The van der Waals surface area contributed by atoms with Crippen LogP contribution in [-0.2, 0) is 6.42 Å². The highest BCUT2D eigenvalue weighted by molar-refractivity contribution is 5.80. The van der Waals surface area contributed by atoms with E-state index in [1.807, 2.05) is 12.3 Å². The Balaban J connectivity index is 2.38. The van der Waals surface area contributed by atoms with Crippen LogP contribution in [0.4, 0.5) is 0 Å². The molecule has 0 radical (unpaired) electrons. The van der Waals surface area contributed by atoms with Crippen molar-refractivity contribution in [3.8, 4) is 0 Å². The molecular weight excluding hydrogens is 260 g/mol. The molecule has 1 aromatic rings. The smallest absolute Gasteiger partial charge is 0.191 e. The third kappa shape index (κ3) is 8.33. The number of guanidine groups is 1. The van der Waals surface area contributed by atoms with Crippen LogP contribution >= 0.6 is 0 Å². The Labute approximate surface area is 129 Å². The zero-order valence-corrected chi connectivity index (χ0v) is 13.7. The number of nitrogens with zero attached hydrogens (tertiary/aromatic N) is 2. The van der Waals surface area contributed by atoms with Crippen LogP contribution in [0, 0.1) is 0 Å². The van der Waals surface area contributed by atoms with Gasteiger partial charge >= 0.3 is 0 Å². The predicted molar refractivity (Wildman–Crippen MR) is 90.7 cm³/mol. The summed E-state index contributed by atoms with van der Waals surface area (Å²) >= 11 is 0. The van der Waals surface area contributed by atoms with E-state index in [1.165, 1.54) is 31.2 Å². The molecule has 0 spiro atoms. The van der Waals surface area contributed by atoms with E-state index >= 15 is 0 Å². The summed E-state index contributed by atoms with van der Waals surface area (Å²) < 4.78 is 0. The van der Waals surface area contributed by atoms with Crippen LogP contribution < -0.4 is 10.6 Å². The highest BCUT2D eigenvalue weighted by Crippen LogP contribution is 2.02. The van der Waals surface area contributed by atoms with Gasteiger partial charge in [0.05, 0.1) is 0 Å². The van der Waals surface area contributed by atoms with E-state index in [-0.39, 0.29) is 0 Å². The standard InChI is InChI=1S/C17H30N4/c1-4-6-7-9-15(3)21-17(19-5-2)20-13-11-16-10-8-12-18-14-16/h8,10,12,14-15H,4-7,9,11,13H2,1-3H3,(H2,19,20,21). The van der Waals surface area contributed by atoms with Crippen molar-refractivity contribution in [2.75, 3.05) is 13.1 Å². The van der Waals surface area contributed by atoms with Crippen molar-refractivity contribution in [1.29, 1.82) is 0 Å². The topological polar surface area (TPSA) is 49.3 Å². The van der Waals surface area contributed by atoms with Crippen LogP contribution in [0.2, 0.25) is 0 Å². The first-order valence-electron chi connectivity index (χ1n) is 8.20. The molecule has 0 aliphatic rings. The molecule has 0 bridgehead atoms. The molecule has 1 rings (SSSR count). The summed E-state index contributed by atoms with van der Waals surface area (Å²) in [4.78, 5) is 8.77. The van der Waals surface area contributed by atoms with Gasteiger partial charge in [-0.1, -0.05) is 32.3 Å². The second-order valence-electron chi connectivity index (χ2n) is 5.41. The number of nitrogens with one attached hydrogen (secondary N) is 2. The minimum atomic E-state index is 0.466. The maximum atomic E-state index is 4.64. The Morgan fingerprint density at radius 3 is 2.86 bits per heavy atom. The molecule has 0 aromatic carbocycles. The number of unbranched alkanes of at least 4 members (excludes halogenated alkanes) is 2. The van der Waals surface area contributed by atoms with E-state index in [1.54, 1.807) is 6.20 Å². The Bertz CT molecular complexity index is 389. The average molecular weight is 290 g/mol. The lowest BCUT2D eigenvalue weighted by Crippen LogP contribution is -2.42. The van der Waals surface area contributed by atoms with Crippen LogP contribution in [0.3, 0.4) is 0 Å². The molecular formula is C17H30N4. The maximum Gasteiger partial charge on any atom is 0.191 e. The van der Waals surface area contributed by atoms with Gasteiger partial charge in [-0.25, -0.2) is 0 Å². The monoisotopic (exact) mass is 290 g/mol. The van der Waals surface area contributed by atoms with Crippen LogP contribution in [-0.4, -0.2) is 30.1 Å². The molecule has 0 amide bonds. The van der Waals surface area contributed by atoms with Crippen molar-refractivity contribution in [3.05, 3.63) is 30.1 Å². The lowest BCUT2D eigenvalue weighted by molar-refractivity contribution is 0.547. The molecule has 1 atom stereocenters. The number of pyridine rings is 1. The van der Waals surface area contributed by atoms with Crippen molar-refractivity contribution < 1.29 is 0 Å². The van der Waals surface area contributed by atoms with Crippen molar-refractivity contribution in [3.63, 3.8) is 0 Å². The average Bonchev–Trinajstić information content (AvgIpc) is 2.49. The molecule has 0 saturated heterocycles. The van der Waals surface area contributed by atoms with Crippen LogP contribution in [0.5, 0.6) is 0 Å². The first-order chi connectivity index (χ1) is 10.3. The van der Waals surface area contributed by atoms with Gasteiger partial charge in [-0.2, -0.15) is 0 Å². The van der Waals surface area contributed by atoms with E-state index < -0.39 is 0 Å². The molecule has 0 saturated carbocycles.